The summed E-state index contributed by atoms with van der Waals surface area (Å²) in [6.45, 7) is 0.910. The summed E-state index contributed by atoms with van der Waals surface area (Å²) in [5.74, 6) is 0.620. The standard InChI is InChI=1S/C20H22N4O4S2/c1-29(25,26)17-5-3-16(4-6-17)23-19-11-18-14(12-22-19)7-9-21-20(18)15-8-10-24(13-15)30(2,27)28/h3-7,9,11-12,15H,8,10,13H2,1-2H3,(H,22,23). The molecule has 30 heavy (non-hydrogen) atoms. The number of aromatic nitrogens is 2. The molecule has 10 heteroatoms. The van der Waals surface area contributed by atoms with Crippen LogP contribution in [0.4, 0.5) is 11.5 Å². The Labute approximate surface area is 175 Å². The van der Waals surface area contributed by atoms with Crippen molar-refractivity contribution in [2.24, 2.45) is 0 Å². The van der Waals surface area contributed by atoms with E-state index in [9.17, 15) is 16.8 Å². The summed E-state index contributed by atoms with van der Waals surface area (Å²) in [4.78, 5) is 9.23. The van der Waals surface area contributed by atoms with Gasteiger partial charge in [0.15, 0.2) is 9.84 Å². The third-order valence-corrected chi connectivity index (χ3v) is 7.64. The Morgan fingerprint density at radius 2 is 1.77 bits per heavy atom. The molecule has 3 heterocycles. The molecule has 0 radical (unpaired) electrons. The first-order valence-electron chi connectivity index (χ1n) is 9.38. The number of fused-ring (bicyclic) bond motifs is 1. The molecule has 0 saturated carbocycles. The highest BCUT2D eigenvalue weighted by Gasteiger charge is 2.31. The molecule has 1 aliphatic heterocycles. The van der Waals surface area contributed by atoms with Crippen LogP contribution in [0.25, 0.3) is 10.8 Å². The quantitative estimate of drug-likeness (QED) is 0.641. The number of rotatable bonds is 5. The van der Waals surface area contributed by atoms with Crippen LogP contribution in [0.5, 0.6) is 0 Å². The Bertz CT molecular complexity index is 1310. The second kappa shape index (κ2) is 7.60. The molecule has 1 saturated heterocycles. The lowest BCUT2D eigenvalue weighted by atomic mass is 9.99. The first-order chi connectivity index (χ1) is 14.1. The third-order valence-electron chi connectivity index (χ3n) is 5.24. The maximum Gasteiger partial charge on any atom is 0.211 e. The summed E-state index contributed by atoms with van der Waals surface area (Å²) in [6.07, 6.45) is 6.59. The van der Waals surface area contributed by atoms with Crippen molar-refractivity contribution in [3.05, 3.63) is 54.5 Å². The van der Waals surface area contributed by atoms with E-state index in [4.69, 9.17) is 0 Å². The molecule has 1 fully saturated rings. The highest BCUT2D eigenvalue weighted by molar-refractivity contribution is 7.90. The van der Waals surface area contributed by atoms with Gasteiger partial charge in [-0.15, -0.1) is 0 Å². The maximum atomic E-state index is 11.9. The molecular formula is C20H22N4O4S2. The molecule has 2 aromatic heterocycles. The van der Waals surface area contributed by atoms with Crippen LogP contribution in [0, 0.1) is 0 Å². The predicted molar refractivity (Wildman–Crippen MR) is 116 cm³/mol. The zero-order chi connectivity index (χ0) is 21.5. The van der Waals surface area contributed by atoms with Gasteiger partial charge in [0.25, 0.3) is 0 Å². The summed E-state index contributed by atoms with van der Waals surface area (Å²) < 4.78 is 48.5. The number of hydrogen-bond donors (Lipinski definition) is 1. The first kappa shape index (κ1) is 20.7. The lowest BCUT2D eigenvalue weighted by molar-refractivity contribution is 0.478. The number of sulfone groups is 1. The number of nitrogens with one attached hydrogen (secondary N) is 1. The molecule has 1 aromatic carbocycles. The SMILES string of the molecule is CS(=O)(=O)c1ccc(Nc2cc3c(C4CCN(S(C)(=O)=O)C4)nccc3cn2)cc1. The minimum Gasteiger partial charge on any atom is -0.340 e. The number of sulfonamides is 1. The van der Waals surface area contributed by atoms with Crippen molar-refractivity contribution >= 4 is 42.1 Å². The topological polar surface area (TPSA) is 109 Å². The molecule has 0 spiro atoms. The van der Waals surface area contributed by atoms with Crippen LogP contribution < -0.4 is 5.32 Å². The fourth-order valence-corrected chi connectivity index (χ4v) is 5.19. The molecule has 0 bridgehead atoms. The fraction of sp³-hybridized carbons (Fsp3) is 0.300. The predicted octanol–water partition coefficient (Wildman–Crippen LogP) is 2.53. The van der Waals surface area contributed by atoms with Crippen molar-refractivity contribution in [1.82, 2.24) is 14.3 Å². The normalized spacial score (nSPS) is 18.0. The molecule has 3 aromatic rings. The largest absolute Gasteiger partial charge is 0.340 e. The Hall–Kier alpha value is -2.56. The summed E-state index contributed by atoms with van der Waals surface area (Å²) in [6, 6.07) is 10.2. The fourth-order valence-electron chi connectivity index (χ4n) is 3.67. The van der Waals surface area contributed by atoms with Gasteiger partial charge in [0.05, 0.1) is 16.8 Å². The Balaban J connectivity index is 1.63. The molecule has 1 aliphatic rings. The maximum absolute atomic E-state index is 11.9. The monoisotopic (exact) mass is 446 g/mol. The van der Waals surface area contributed by atoms with Crippen molar-refractivity contribution in [3.8, 4) is 0 Å². The molecule has 4 rings (SSSR count). The third kappa shape index (κ3) is 4.30. The van der Waals surface area contributed by atoms with E-state index in [1.165, 1.54) is 16.8 Å². The van der Waals surface area contributed by atoms with Gasteiger partial charge < -0.3 is 5.32 Å². The average molecular weight is 447 g/mol. The summed E-state index contributed by atoms with van der Waals surface area (Å²) in [5.41, 5.74) is 1.57. The van der Waals surface area contributed by atoms with Crippen molar-refractivity contribution in [2.75, 3.05) is 30.9 Å². The highest BCUT2D eigenvalue weighted by Crippen LogP contribution is 2.33. The van der Waals surface area contributed by atoms with Gasteiger partial charge in [0.1, 0.15) is 5.82 Å². The van der Waals surface area contributed by atoms with E-state index in [1.54, 1.807) is 36.7 Å². The molecule has 1 unspecified atom stereocenters. The van der Waals surface area contributed by atoms with Crippen LogP contribution in [0.15, 0.2) is 53.7 Å². The number of hydrogen-bond acceptors (Lipinski definition) is 7. The summed E-state index contributed by atoms with van der Waals surface area (Å²) >= 11 is 0. The van der Waals surface area contributed by atoms with Crippen LogP contribution in [-0.2, 0) is 19.9 Å². The van der Waals surface area contributed by atoms with Crippen LogP contribution in [0.3, 0.4) is 0 Å². The molecule has 0 amide bonds. The molecule has 158 valence electrons. The van der Waals surface area contributed by atoms with Crippen molar-refractivity contribution in [1.29, 1.82) is 0 Å². The average Bonchev–Trinajstić information content (AvgIpc) is 3.18. The Kier molecular flexibility index (Phi) is 5.25. The van der Waals surface area contributed by atoms with Crippen LogP contribution in [-0.4, -0.2) is 56.7 Å². The van der Waals surface area contributed by atoms with E-state index >= 15 is 0 Å². The van der Waals surface area contributed by atoms with Crippen molar-refractivity contribution in [2.45, 2.75) is 17.2 Å². The number of pyridine rings is 2. The minimum atomic E-state index is -3.25. The number of nitrogens with zero attached hydrogens (tertiary/aromatic N) is 3. The summed E-state index contributed by atoms with van der Waals surface area (Å²) in [5, 5.41) is 5.03. The van der Waals surface area contributed by atoms with E-state index in [1.807, 2.05) is 12.1 Å². The smallest absolute Gasteiger partial charge is 0.211 e. The lowest BCUT2D eigenvalue weighted by Gasteiger charge is -2.15. The van der Waals surface area contributed by atoms with Crippen LogP contribution >= 0.6 is 0 Å². The van der Waals surface area contributed by atoms with Gasteiger partial charge in [-0.25, -0.2) is 26.1 Å². The molecule has 0 aliphatic carbocycles. The van der Waals surface area contributed by atoms with E-state index in [0.717, 1.165) is 22.9 Å². The Morgan fingerprint density at radius 3 is 2.40 bits per heavy atom. The number of anilines is 2. The number of benzene rings is 1. The zero-order valence-corrected chi connectivity index (χ0v) is 18.2. The molecule has 1 atom stereocenters. The minimum absolute atomic E-state index is 0.0210. The van der Waals surface area contributed by atoms with Crippen LogP contribution in [0.1, 0.15) is 18.0 Å². The van der Waals surface area contributed by atoms with E-state index in [0.29, 0.717) is 24.6 Å². The van der Waals surface area contributed by atoms with Gasteiger partial charge in [0, 0.05) is 54.1 Å². The Morgan fingerprint density at radius 1 is 1.03 bits per heavy atom. The van der Waals surface area contributed by atoms with Gasteiger partial charge >= 0.3 is 0 Å². The highest BCUT2D eigenvalue weighted by atomic mass is 32.2. The second-order valence-electron chi connectivity index (χ2n) is 7.52. The van der Waals surface area contributed by atoms with E-state index < -0.39 is 19.9 Å². The first-order valence-corrected chi connectivity index (χ1v) is 13.1. The molecular weight excluding hydrogens is 424 g/mol. The van der Waals surface area contributed by atoms with Gasteiger partial charge in [-0.05, 0) is 42.8 Å². The van der Waals surface area contributed by atoms with Gasteiger partial charge in [-0.3, -0.25) is 4.98 Å². The molecule has 1 N–H and O–H groups in total. The van der Waals surface area contributed by atoms with Crippen molar-refractivity contribution in [3.63, 3.8) is 0 Å². The van der Waals surface area contributed by atoms with E-state index in [-0.39, 0.29) is 10.8 Å². The van der Waals surface area contributed by atoms with E-state index in [2.05, 4.69) is 15.3 Å². The molecule has 8 nitrogen and oxygen atoms in total. The lowest BCUT2D eigenvalue weighted by Crippen LogP contribution is -2.27. The van der Waals surface area contributed by atoms with Crippen LogP contribution in [0.2, 0.25) is 0 Å². The van der Waals surface area contributed by atoms with Gasteiger partial charge in [-0.1, -0.05) is 0 Å². The second-order valence-corrected chi connectivity index (χ2v) is 11.5. The van der Waals surface area contributed by atoms with Gasteiger partial charge in [-0.2, -0.15) is 0 Å². The zero-order valence-electron chi connectivity index (χ0n) is 16.6. The van der Waals surface area contributed by atoms with Crippen molar-refractivity contribution < 1.29 is 16.8 Å². The summed E-state index contributed by atoms with van der Waals surface area (Å²) in [7, 11) is -6.47. The van der Waals surface area contributed by atoms with Gasteiger partial charge in [0.2, 0.25) is 10.0 Å².